The van der Waals surface area contributed by atoms with Gasteiger partial charge in [0.1, 0.15) is 0 Å². The van der Waals surface area contributed by atoms with Gasteiger partial charge in [-0.25, -0.2) is 4.79 Å². The number of hydrogen-bond acceptors (Lipinski definition) is 4. The number of hydrogen-bond donors (Lipinski definition) is 1. The maximum Gasteiger partial charge on any atom is 0.330 e. The second-order valence-electron chi connectivity index (χ2n) is 4.88. The van der Waals surface area contributed by atoms with E-state index in [0.717, 1.165) is 37.3 Å². The quantitative estimate of drug-likeness (QED) is 0.720. The lowest BCUT2D eigenvalue weighted by atomic mass is 9.87. The van der Waals surface area contributed by atoms with Gasteiger partial charge in [-0.05, 0) is 32.4 Å². The van der Waals surface area contributed by atoms with Gasteiger partial charge >= 0.3 is 6.03 Å². The molecule has 0 aromatic carbocycles. The molecule has 0 radical (unpaired) electrons. The third-order valence-corrected chi connectivity index (χ3v) is 3.97. The number of rotatable bonds is 2. The lowest BCUT2D eigenvalue weighted by molar-refractivity contribution is -0.155. The minimum absolute atomic E-state index is 0.384. The van der Waals surface area contributed by atoms with E-state index in [1.807, 2.05) is 11.8 Å². The Hall–Kier alpha value is -1.43. The van der Waals surface area contributed by atoms with E-state index >= 15 is 0 Å². The molecule has 0 spiro atoms. The Labute approximate surface area is 106 Å². The number of nitrogens with zero attached hydrogens (tertiary/aromatic N) is 2. The summed E-state index contributed by atoms with van der Waals surface area (Å²) in [6.45, 7) is 3.28. The summed E-state index contributed by atoms with van der Waals surface area (Å²) in [7, 11) is 1.42. The molecule has 2 rings (SSSR count). The molecule has 1 atom stereocenters. The average molecular weight is 253 g/mol. The van der Waals surface area contributed by atoms with Crippen LogP contribution >= 0.6 is 0 Å². The molecule has 2 fully saturated rings. The molecule has 0 aliphatic carbocycles. The minimum Gasteiger partial charge on any atom is -0.282 e. The Morgan fingerprint density at radius 1 is 1.17 bits per heavy atom. The van der Waals surface area contributed by atoms with Crippen molar-refractivity contribution in [2.75, 3.05) is 20.1 Å². The summed E-state index contributed by atoms with van der Waals surface area (Å²) in [5.41, 5.74) is -1.19. The van der Waals surface area contributed by atoms with Crippen molar-refractivity contribution in [3.63, 3.8) is 0 Å². The van der Waals surface area contributed by atoms with Crippen molar-refractivity contribution in [2.24, 2.45) is 0 Å². The number of nitrogens with one attached hydrogen (secondary N) is 1. The van der Waals surface area contributed by atoms with Gasteiger partial charge in [0.15, 0.2) is 5.54 Å². The SMILES string of the molecule is CCC1(N2CCCCC2)C(=O)NC(=O)N(C)C1=O. The number of urea groups is 1. The average Bonchev–Trinajstić information content (AvgIpc) is 2.39. The number of carbonyl (C=O) groups is 3. The molecule has 2 aliphatic heterocycles. The number of amides is 4. The molecule has 1 N–H and O–H groups in total. The molecule has 0 aromatic heterocycles. The van der Waals surface area contributed by atoms with Crippen LogP contribution in [0.15, 0.2) is 0 Å². The van der Waals surface area contributed by atoms with E-state index < -0.39 is 23.4 Å². The van der Waals surface area contributed by atoms with E-state index in [2.05, 4.69) is 5.32 Å². The molecule has 2 heterocycles. The molecule has 6 heteroatoms. The molecular formula is C12H19N3O3. The molecule has 100 valence electrons. The van der Waals surface area contributed by atoms with Gasteiger partial charge in [0.05, 0.1) is 0 Å². The molecule has 1 unspecified atom stereocenters. The highest BCUT2D eigenvalue weighted by atomic mass is 16.2. The number of likely N-dealkylation sites (N-methyl/N-ethyl adjacent to an activating group) is 1. The van der Waals surface area contributed by atoms with Crippen molar-refractivity contribution in [3.05, 3.63) is 0 Å². The normalized spacial score (nSPS) is 30.6. The number of imide groups is 2. The maximum absolute atomic E-state index is 12.4. The molecule has 18 heavy (non-hydrogen) atoms. The summed E-state index contributed by atoms with van der Waals surface area (Å²) in [6.07, 6.45) is 3.48. The van der Waals surface area contributed by atoms with Gasteiger partial charge in [-0.3, -0.25) is 24.7 Å². The molecule has 2 aliphatic rings. The summed E-state index contributed by atoms with van der Waals surface area (Å²) < 4.78 is 0. The zero-order valence-corrected chi connectivity index (χ0v) is 10.9. The van der Waals surface area contributed by atoms with Gasteiger partial charge in [-0.2, -0.15) is 0 Å². The Kier molecular flexibility index (Phi) is 3.38. The third-order valence-electron chi connectivity index (χ3n) is 3.97. The number of likely N-dealkylation sites (tertiary alicyclic amines) is 1. The second kappa shape index (κ2) is 4.68. The predicted molar refractivity (Wildman–Crippen MR) is 64.8 cm³/mol. The van der Waals surface area contributed by atoms with E-state index in [4.69, 9.17) is 0 Å². The fourth-order valence-corrected chi connectivity index (χ4v) is 2.84. The van der Waals surface area contributed by atoms with Crippen LogP contribution in [-0.2, 0) is 9.59 Å². The standard InChI is InChI=1S/C12H19N3O3/c1-3-12(15-7-5-4-6-8-15)9(16)13-11(18)14(2)10(12)17/h3-8H2,1-2H3,(H,13,16,18). The molecule has 0 saturated carbocycles. The summed E-state index contributed by atoms with van der Waals surface area (Å²) >= 11 is 0. The highest BCUT2D eigenvalue weighted by Crippen LogP contribution is 2.29. The van der Waals surface area contributed by atoms with Crippen molar-refractivity contribution < 1.29 is 14.4 Å². The van der Waals surface area contributed by atoms with Gasteiger partial charge in [0, 0.05) is 7.05 Å². The van der Waals surface area contributed by atoms with Gasteiger partial charge in [0.25, 0.3) is 11.8 Å². The Morgan fingerprint density at radius 3 is 2.33 bits per heavy atom. The van der Waals surface area contributed by atoms with E-state index in [0.29, 0.717) is 6.42 Å². The lowest BCUT2D eigenvalue weighted by Gasteiger charge is -2.46. The van der Waals surface area contributed by atoms with Crippen molar-refractivity contribution in [1.29, 1.82) is 0 Å². The summed E-state index contributed by atoms with van der Waals surface area (Å²) in [6, 6.07) is -0.633. The Bertz CT molecular complexity index is 390. The number of carbonyl (C=O) groups excluding carboxylic acids is 3. The highest BCUT2D eigenvalue weighted by Gasteiger charge is 2.55. The predicted octanol–water partition coefficient (Wildman–Crippen LogP) is 0.329. The van der Waals surface area contributed by atoms with Crippen molar-refractivity contribution >= 4 is 17.8 Å². The number of barbiturate groups is 1. The molecule has 4 amide bonds. The summed E-state index contributed by atoms with van der Waals surface area (Å²) in [4.78, 5) is 39.0. The topological polar surface area (TPSA) is 69.7 Å². The van der Waals surface area contributed by atoms with Crippen molar-refractivity contribution in [3.8, 4) is 0 Å². The van der Waals surface area contributed by atoms with Crippen LogP contribution in [0.4, 0.5) is 4.79 Å². The van der Waals surface area contributed by atoms with Crippen LogP contribution in [0.2, 0.25) is 0 Å². The van der Waals surface area contributed by atoms with Gasteiger partial charge < -0.3 is 0 Å². The smallest absolute Gasteiger partial charge is 0.282 e. The van der Waals surface area contributed by atoms with Gasteiger partial charge in [-0.15, -0.1) is 0 Å². The summed E-state index contributed by atoms with van der Waals surface area (Å²) in [5, 5.41) is 2.28. The van der Waals surface area contributed by atoms with Crippen molar-refractivity contribution in [2.45, 2.75) is 38.1 Å². The van der Waals surface area contributed by atoms with E-state index in [1.165, 1.54) is 7.05 Å². The molecular weight excluding hydrogens is 234 g/mol. The first kappa shape index (κ1) is 13.0. The monoisotopic (exact) mass is 253 g/mol. The molecule has 0 bridgehead atoms. The van der Waals surface area contributed by atoms with Crippen molar-refractivity contribution in [1.82, 2.24) is 15.1 Å². The molecule has 2 saturated heterocycles. The van der Waals surface area contributed by atoms with Crippen LogP contribution in [0.5, 0.6) is 0 Å². The fourth-order valence-electron chi connectivity index (χ4n) is 2.84. The van der Waals surface area contributed by atoms with Crippen LogP contribution < -0.4 is 5.32 Å². The lowest BCUT2D eigenvalue weighted by Crippen LogP contribution is -2.73. The minimum atomic E-state index is -1.19. The van der Waals surface area contributed by atoms with Crippen LogP contribution in [0, 0.1) is 0 Å². The maximum atomic E-state index is 12.4. The highest BCUT2D eigenvalue weighted by molar-refractivity contribution is 6.22. The molecule has 6 nitrogen and oxygen atoms in total. The molecule has 0 aromatic rings. The first-order valence-corrected chi connectivity index (χ1v) is 6.42. The zero-order valence-electron chi connectivity index (χ0n) is 10.9. The van der Waals surface area contributed by atoms with Crippen LogP contribution in [0.25, 0.3) is 0 Å². The van der Waals surface area contributed by atoms with Crippen LogP contribution in [-0.4, -0.2) is 53.3 Å². The first-order chi connectivity index (χ1) is 8.54. The third kappa shape index (κ3) is 1.71. The fraction of sp³-hybridized carbons (Fsp3) is 0.750. The van der Waals surface area contributed by atoms with E-state index in [9.17, 15) is 14.4 Å². The first-order valence-electron chi connectivity index (χ1n) is 6.42. The number of piperidine rings is 1. The van der Waals surface area contributed by atoms with Crippen LogP contribution in [0.1, 0.15) is 32.6 Å². The summed E-state index contributed by atoms with van der Waals surface area (Å²) in [5.74, 6) is -0.874. The van der Waals surface area contributed by atoms with Crippen LogP contribution in [0.3, 0.4) is 0 Å². The van der Waals surface area contributed by atoms with E-state index in [1.54, 1.807) is 0 Å². The van der Waals surface area contributed by atoms with E-state index in [-0.39, 0.29) is 0 Å². The zero-order chi connectivity index (χ0) is 13.3. The van der Waals surface area contributed by atoms with Gasteiger partial charge in [0.2, 0.25) is 0 Å². The second-order valence-corrected chi connectivity index (χ2v) is 4.88. The Balaban J connectivity index is 2.36. The largest absolute Gasteiger partial charge is 0.330 e. The van der Waals surface area contributed by atoms with Gasteiger partial charge in [-0.1, -0.05) is 13.3 Å². The Morgan fingerprint density at radius 2 is 1.78 bits per heavy atom.